The number of carbonyl (C=O) groups is 2. The first-order valence-corrected chi connectivity index (χ1v) is 6.62. The maximum absolute atomic E-state index is 13.3. The van der Waals surface area contributed by atoms with Gasteiger partial charge in [-0.25, -0.2) is 9.37 Å². The second kappa shape index (κ2) is 6.25. The number of halogens is 1. The lowest BCUT2D eigenvalue weighted by molar-refractivity contribution is -0.136. The fourth-order valence-electron chi connectivity index (χ4n) is 1.56. The number of hydrogen-bond acceptors (Lipinski definition) is 4. The van der Waals surface area contributed by atoms with E-state index < -0.39 is 17.7 Å². The fraction of sp³-hybridized carbons (Fsp3) is 0.154. The van der Waals surface area contributed by atoms with Crippen LogP contribution >= 0.6 is 11.3 Å². The third kappa shape index (κ3) is 3.86. The van der Waals surface area contributed by atoms with Gasteiger partial charge in [0.2, 0.25) is 5.91 Å². The summed E-state index contributed by atoms with van der Waals surface area (Å²) >= 11 is 1.21. The van der Waals surface area contributed by atoms with Gasteiger partial charge in [-0.05, 0) is 12.1 Å². The normalized spacial score (nSPS) is 10.2. The first-order chi connectivity index (χ1) is 9.54. The molecule has 0 spiro atoms. The molecule has 0 aliphatic heterocycles. The molecule has 0 aliphatic carbocycles. The third-order valence-electron chi connectivity index (χ3n) is 2.39. The monoisotopic (exact) mass is 294 g/mol. The summed E-state index contributed by atoms with van der Waals surface area (Å²) in [5, 5.41) is 13.2. The lowest BCUT2D eigenvalue weighted by atomic mass is 10.3. The Hall–Kier alpha value is -2.28. The molecule has 1 amide bonds. The Morgan fingerprint density at radius 1 is 1.30 bits per heavy atom. The Kier molecular flexibility index (Phi) is 4.41. The number of thiazole rings is 1. The van der Waals surface area contributed by atoms with E-state index in [4.69, 9.17) is 5.11 Å². The van der Waals surface area contributed by atoms with Crippen LogP contribution in [0.4, 0.5) is 10.1 Å². The van der Waals surface area contributed by atoms with Crippen molar-refractivity contribution >= 4 is 28.9 Å². The van der Waals surface area contributed by atoms with Gasteiger partial charge in [-0.1, -0.05) is 12.1 Å². The van der Waals surface area contributed by atoms with Gasteiger partial charge < -0.3 is 10.4 Å². The number of nitrogens with one attached hydrogen (secondary N) is 1. The molecule has 0 atom stereocenters. The van der Waals surface area contributed by atoms with Crippen LogP contribution in [0.2, 0.25) is 0 Å². The van der Waals surface area contributed by atoms with Crippen LogP contribution in [-0.4, -0.2) is 22.0 Å². The zero-order valence-corrected chi connectivity index (χ0v) is 11.1. The summed E-state index contributed by atoms with van der Waals surface area (Å²) in [6, 6.07) is 5.87. The minimum atomic E-state index is -0.974. The van der Waals surface area contributed by atoms with Crippen molar-refractivity contribution in [2.75, 3.05) is 5.32 Å². The van der Waals surface area contributed by atoms with Gasteiger partial charge in [-0.3, -0.25) is 9.59 Å². The van der Waals surface area contributed by atoms with Crippen molar-refractivity contribution in [2.45, 2.75) is 12.8 Å². The molecule has 0 fully saturated rings. The summed E-state index contributed by atoms with van der Waals surface area (Å²) in [4.78, 5) is 26.3. The highest BCUT2D eigenvalue weighted by Gasteiger charge is 2.11. The quantitative estimate of drug-likeness (QED) is 0.885. The summed E-state index contributed by atoms with van der Waals surface area (Å²) in [6.07, 6.45) is -0.190. The number of aromatic nitrogens is 1. The number of anilines is 1. The summed E-state index contributed by atoms with van der Waals surface area (Å²) in [5.74, 6) is -1.88. The van der Waals surface area contributed by atoms with Gasteiger partial charge in [-0.2, -0.15) is 0 Å². The molecular formula is C13H11FN2O3S. The van der Waals surface area contributed by atoms with Gasteiger partial charge >= 0.3 is 5.97 Å². The number of benzene rings is 1. The molecule has 5 nitrogen and oxygen atoms in total. The first-order valence-electron chi connectivity index (χ1n) is 5.74. The molecule has 0 bridgehead atoms. The summed E-state index contributed by atoms with van der Waals surface area (Å²) in [7, 11) is 0. The number of nitrogens with zero attached hydrogens (tertiary/aromatic N) is 1. The van der Waals surface area contributed by atoms with Crippen LogP contribution in [0.1, 0.15) is 10.7 Å². The molecular weight excluding hydrogens is 283 g/mol. The van der Waals surface area contributed by atoms with Crippen molar-refractivity contribution in [1.82, 2.24) is 4.98 Å². The van der Waals surface area contributed by atoms with E-state index in [0.29, 0.717) is 10.7 Å². The molecule has 104 valence electrons. The minimum Gasteiger partial charge on any atom is -0.481 e. The number of hydrogen-bond donors (Lipinski definition) is 2. The number of carboxylic acid groups (broad SMARTS) is 1. The Labute approximate surface area is 118 Å². The predicted molar refractivity (Wildman–Crippen MR) is 72.2 cm³/mol. The number of para-hydroxylation sites is 1. The van der Waals surface area contributed by atoms with Gasteiger partial charge in [0, 0.05) is 5.38 Å². The minimum absolute atomic E-state index is 0.0153. The molecule has 1 aromatic carbocycles. The van der Waals surface area contributed by atoms with Crippen LogP contribution in [0.15, 0.2) is 29.6 Å². The highest BCUT2D eigenvalue weighted by atomic mass is 32.1. The van der Waals surface area contributed by atoms with Gasteiger partial charge in [0.25, 0.3) is 0 Å². The van der Waals surface area contributed by atoms with Crippen LogP contribution in [0.3, 0.4) is 0 Å². The molecule has 7 heteroatoms. The molecule has 0 saturated heterocycles. The van der Waals surface area contributed by atoms with E-state index in [9.17, 15) is 14.0 Å². The molecule has 20 heavy (non-hydrogen) atoms. The fourth-order valence-corrected chi connectivity index (χ4v) is 2.35. The molecule has 0 unspecified atom stereocenters. The Bertz CT molecular complexity index is 642. The number of aliphatic carboxylic acids is 1. The maximum Gasteiger partial charge on any atom is 0.309 e. The van der Waals surface area contributed by atoms with Gasteiger partial charge in [0.1, 0.15) is 10.8 Å². The largest absolute Gasteiger partial charge is 0.481 e. The van der Waals surface area contributed by atoms with E-state index in [2.05, 4.69) is 10.3 Å². The SMILES string of the molecule is O=C(O)Cc1csc(CC(=O)Nc2ccccc2F)n1. The molecule has 0 aliphatic rings. The summed E-state index contributed by atoms with van der Waals surface area (Å²) in [6.45, 7) is 0. The zero-order valence-electron chi connectivity index (χ0n) is 10.3. The Morgan fingerprint density at radius 3 is 2.75 bits per heavy atom. The first kappa shape index (κ1) is 14.1. The molecule has 1 heterocycles. The predicted octanol–water partition coefficient (Wildman–Crippen LogP) is 2.09. The standard InChI is InChI=1S/C13H11FN2O3S/c14-9-3-1-2-4-10(9)16-11(17)6-12-15-8(7-20-12)5-13(18)19/h1-4,7H,5-6H2,(H,16,17)(H,18,19). The van der Waals surface area contributed by atoms with Crippen LogP contribution in [0.25, 0.3) is 0 Å². The Balaban J connectivity index is 1.96. The van der Waals surface area contributed by atoms with Crippen molar-refractivity contribution in [3.05, 3.63) is 46.2 Å². The number of rotatable bonds is 5. The van der Waals surface area contributed by atoms with Crippen LogP contribution in [0, 0.1) is 5.82 Å². The Morgan fingerprint density at radius 2 is 2.05 bits per heavy atom. The average molecular weight is 294 g/mol. The van der Waals surface area contributed by atoms with Crippen molar-refractivity contribution in [3.8, 4) is 0 Å². The van der Waals surface area contributed by atoms with Crippen molar-refractivity contribution in [1.29, 1.82) is 0 Å². The van der Waals surface area contributed by atoms with E-state index >= 15 is 0 Å². The van der Waals surface area contributed by atoms with Crippen molar-refractivity contribution in [2.24, 2.45) is 0 Å². The summed E-state index contributed by atoms with van der Waals surface area (Å²) < 4.78 is 13.3. The molecule has 2 rings (SSSR count). The van der Waals surface area contributed by atoms with Crippen LogP contribution in [-0.2, 0) is 22.4 Å². The van der Waals surface area contributed by atoms with Gasteiger partial charge in [-0.15, -0.1) is 11.3 Å². The smallest absolute Gasteiger partial charge is 0.309 e. The maximum atomic E-state index is 13.3. The van der Waals surface area contributed by atoms with Crippen LogP contribution < -0.4 is 5.32 Å². The lowest BCUT2D eigenvalue weighted by Gasteiger charge is -2.04. The van der Waals surface area contributed by atoms with Crippen molar-refractivity contribution in [3.63, 3.8) is 0 Å². The summed E-state index contributed by atoms with van der Waals surface area (Å²) in [5.41, 5.74) is 0.524. The number of carboxylic acids is 1. The van der Waals surface area contributed by atoms with E-state index in [1.807, 2.05) is 0 Å². The van der Waals surface area contributed by atoms with Gasteiger partial charge in [0.05, 0.1) is 24.2 Å². The van der Waals surface area contributed by atoms with E-state index in [0.717, 1.165) is 0 Å². The molecule has 2 N–H and O–H groups in total. The molecule has 0 saturated carbocycles. The van der Waals surface area contributed by atoms with E-state index in [1.54, 1.807) is 11.4 Å². The molecule has 1 aromatic heterocycles. The second-order valence-corrected chi connectivity index (χ2v) is 4.95. The number of carbonyl (C=O) groups excluding carboxylic acids is 1. The lowest BCUT2D eigenvalue weighted by Crippen LogP contribution is -2.15. The van der Waals surface area contributed by atoms with Crippen molar-refractivity contribution < 1.29 is 19.1 Å². The van der Waals surface area contributed by atoms with Gasteiger partial charge in [0.15, 0.2) is 0 Å². The zero-order chi connectivity index (χ0) is 14.5. The van der Waals surface area contributed by atoms with Crippen LogP contribution in [0.5, 0.6) is 0 Å². The third-order valence-corrected chi connectivity index (χ3v) is 3.29. The topological polar surface area (TPSA) is 79.3 Å². The highest BCUT2D eigenvalue weighted by Crippen LogP contribution is 2.15. The van der Waals surface area contributed by atoms with E-state index in [1.165, 1.54) is 29.5 Å². The molecule has 0 radical (unpaired) electrons. The van der Waals surface area contributed by atoms with E-state index in [-0.39, 0.29) is 18.5 Å². The number of amides is 1. The highest BCUT2D eigenvalue weighted by molar-refractivity contribution is 7.09. The average Bonchev–Trinajstić information content (AvgIpc) is 2.78. The second-order valence-electron chi connectivity index (χ2n) is 4.01. The molecule has 2 aromatic rings.